The lowest BCUT2D eigenvalue weighted by Crippen LogP contribution is -2.39. The van der Waals surface area contributed by atoms with E-state index >= 15 is 0 Å². The summed E-state index contributed by atoms with van der Waals surface area (Å²) in [6, 6.07) is 49.2. The lowest BCUT2D eigenvalue weighted by atomic mass is 10.1. The number of likely N-dealkylation sites (tertiary alicyclic amines) is 3. The second kappa shape index (κ2) is 36.0. The maximum absolute atomic E-state index is 13.6. The van der Waals surface area contributed by atoms with Gasteiger partial charge in [0, 0.05) is 164 Å². The Hall–Kier alpha value is -13.8. The maximum Gasteiger partial charge on any atom is 0.278 e. The summed E-state index contributed by atoms with van der Waals surface area (Å²) in [5, 5.41) is 14.9. The molecule has 6 aliphatic heterocycles. The van der Waals surface area contributed by atoms with Crippen molar-refractivity contribution in [1.29, 1.82) is 0 Å². The summed E-state index contributed by atoms with van der Waals surface area (Å²) in [6.45, 7) is 17.5. The smallest absolute Gasteiger partial charge is 0.278 e. The van der Waals surface area contributed by atoms with Crippen molar-refractivity contribution >= 4 is 124 Å². The molecule has 3 N–H and O–H groups in total. The third-order valence-corrected chi connectivity index (χ3v) is 24.8. The van der Waals surface area contributed by atoms with E-state index in [4.69, 9.17) is 19.7 Å². The van der Waals surface area contributed by atoms with Gasteiger partial charge in [0.15, 0.2) is 16.9 Å². The van der Waals surface area contributed by atoms with Gasteiger partial charge in [-0.25, -0.2) is 43.0 Å². The quantitative estimate of drug-likeness (QED) is 0.0905. The Balaban J connectivity index is 0.000000123. The van der Waals surface area contributed by atoms with Crippen molar-refractivity contribution in [3.63, 3.8) is 0 Å². The molecule has 2 amide bonds. The van der Waals surface area contributed by atoms with Gasteiger partial charge in [-0.05, 0) is 238 Å². The number of fused-ring (bicyclic) bond motifs is 21. The van der Waals surface area contributed by atoms with E-state index in [0.717, 1.165) is 140 Å². The number of rotatable bonds is 13. The fourth-order valence-electron chi connectivity index (χ4n) is 18.1. The number of piperidine rings is 1. The van der Waals surface area contributed by atoms with E-state index in [0.29, 0.717) is 96.3 Å². The number of hydrogen-bond acceptors (Lipinski definition) is 18. The second-order valence-electron chi connectivity index (χ2n) is 33.2. The minimum Gasteiger partial charge on any atom is -0.494 e. The zero-order chi connectivity index (χ0) is 85.0. The number of nitrogens with zero attached hydrogens (tertiary/aromatic N) is 20. The Morgan fingerprint density at radius 2 is 0.816 bits per heavy atom. The second-order valence-corrected chi connectivity index (χ2v) is 33.2. The molecule has 6 aromatic carbocycles. The van der Waals surface area contributed by atoms with Crippen LogP contribution in [-0.4, -0.2) is 177 Å². The van der Waals surface area contributed by atoms with E-state index in [1.54, 1.807) is 56.3 Å². The van der Waals surface area contributed by atoms with E-state index in [1.807, 2.05) is 117 Å². The monoisotopic (exact) mass is 1670 g/mol. The first-order valence-electron chi connectivity index (χ1n) is 43.9. The summed E-state index contributed by atoms with van der Waals surface area (Å²) >= 11 is 0. The van der Waals surface area contributed by atoms with Crippen LogP contribution in [0.5, 0.6) is 5.75 Å². The summed E-state index contributed by atoms with van der Waals surface area (Å²) in [7, 11) is 2.19. The van der Waals surface area contributed by atoms with Gasteiger partial charge in [0.05, 0.1) is 43.3 Å². The number of carbonyl (C=O) groups is 2. The first-order chi connectivity index (χ1) is 61.2. The van der Waals surface area contributed by atoms with Crippen molar-refractivity contribution < 1.29 is 14.3 Å². The Bertz CT molecular complexity index is 6830. The Morgan fingerprint density at radius 3 is 1.26 bits per heavy atom. The predicted octanol–water partition coefficient (Wildman–Crippen LogP) is 15.0. The van der Waals surface area contributed by atoms with Gasteiger partial charge in [0.1, 0.15) is 21.9 Å². The van der Waals surface area contributed by atoms with Gasteiger partial charge in [-0.2, -0.15) is 15.0 Å². The van der Waals surface area contributed by atoms with Gasteiger partial charge in [-0.15, -0.1) is 0 Å². The molecule has 15 heterocycles. The number of allylic oxidation sites excluding steroid dienone is 6. The van der Waals surface area contributed by atoms with Crippen LogP contribution < -0.4 is 47.2 Å². The fourth-order valence-corrected chi connectivity index (χ4v) is 18.1. The van der Waals surface area contributed by atoms with Gasteiger partial charge in [0.2, 0.25) is 29.7 Å². The highest BCUT2D eigenvalue weighted by Crippen LogP contribution is 2.34. The molecule has 3 saturated heterocycles. The highest BCUT2D eigenvalue weighted by atomic mass is 16.5. The molecule has 125 heavy (non-hydrogen) atoms. The molecule has 29 nitrogen and oxygen atoms in total. The van der Waals surface area contributed by atoms with E-state index in [-0.39, 0.29) is 28.5 Å². The Kier molecular flexibility index (Phi) is 23.3. The summed E-state index contributed by atoms with van der Waals surface area (Å²) in [5.74, 6) is 2.00. The largest absolute Gasteiger partial charge is 0.494 e. The molecule has 15 aromatic rings. The van der Waals surface area contributed by atoms with Crippen molar-refractivity contribution in [2.24, 2.45) is 0 Å². The number of benzene rings is 6. The van der Waals surface area contributed by atoms with E-state index in [9.17, 15) is 24.0 Å². The summed E-state index contributed by atoms with van der Waals surface area (Å²) in [5.41, 5.74) is 11.3. The Morgan fingerprint density at radius 1 is 0.408 bits per heavy atom. The fraction of sp³-hybridized carbons (Fsp3) is 0.323. The minimum absolute atomic E-state index is 0.0133. The highest BCUT2D eigenvalue weighted by molar-refractivity contribution is 5.94. The molecular formula is C96H103N23O6. The molecule has 3 fully saturated rings. The van der Waals surface area contributed by atoms with E-state index < -0.39 is 0 Å². The van der Waals surface area contributed by atoms with Crippen molar-refractivity contribution in [2.75, 3.05) is 105 Å². The van der Waals surface area contributed by atoms with E-state index in [1.165, 1.54) is 80.2 Å². The average molecular weight is 1680 g/mol. The number of nitrogens with one attached hydrogen (secondary N) is 3. The molecule has 9 aromatic heterocycles. The average Bonchev–Trinajstić information content (AvgIpc) is 1.61. The van der Waals surface area contributed by atoms with Crippen molar-refractivity contribution in [3.05, 3.63) is 250 Å². The molecule has 0 spiro atoms. The van der Waals surface area contributed by atoms with E-state index in [2.05, 4.69) is 164 Å². The molecule has 6 aliphatic rings. The van der Waals surface area contributed by atoms with Crippen LogP contribution >= 0.6 is 0 Å². The highest BCUT2D eigenvalue weighted by Gasteiger charge is 2.26. The topological polar surface area (TPSA) is 269 Å². The maximum atomic E-state index is 13.6. The van der Waals surface area contributed by atoms with Gasteiger partial charge < -0.3 is 58.9 Å². The van der Waals surface area contributed by atoms with Crippen molar-refractivity contribution in [2.45, 2.75) is 123 Å². The molecule has 638 valence electrons. The first kappa shape index (κ1) is 80.9. The van der Waals surface area contributed by atoms with Crippen molar-refractivity contribution in [3.8, 4) is 22.8 Å². The number of anilines is 8. The molecular weight excluding hydrogens is 1570 g/mol. The third kappa shape index (κ3) is 17.2. The number of aromatic nitrogens is 15. The van der Waals surface area contributed by atoms with Gasteiger partial charge in [-0.1, -0.05) is 54.7 Å². The Labute approximate surface area is 722 Å². The first-order valence-corrected chi connectivity index (χ1v) is 43.9. The molecule has 0 unspecified atom stereocenters. The number of amides is 2. The lowest BCUT2D eigenvalue weighted by molar-refractivity contribution is -0.117. The molecule has 0 atom stereocenters. The molecule has 0 radical (unpaired) electrons. The minimum atomic E-state index is -0.159. The van der Waals surface area contributed by atoms with Crippen LogP contribution in [0.3, 0.4) is 0 Å². The summed E-state index contributed by atoms with van der Waals surface area (Å²) < 4.78 is 23.6. The molecule has 0 saturated carbocycles. The molecule has 6 bridgehead atoms. The van der Waals surface area contributed by atoms with Crippen LogP contribution in [0.1, 0.15) is 90.5 Å². The van der Waals surface area contributed by atoms with Crippen LogP contribution in [0.2, 0.25) is 0 Å². The third-order valence-electron chi connectivity index (χ3n) is 24.8. The van der Waals surface area contributed by atoms with Crippen molar-refractivity contribution in [1.82, 2.24) is 86.4 Å². The number of ether oxygens (including phenoxy) is 1. The SMILES string of the molecule is CC(=O)N1CCCC=CCn2c(=O)c3cnc(Nc4ccc5c(ccn5CCN5CCC5)c4)nc3n2-c2cccc1c2.CC(=O)N1CCCC=CCn2c(=O)c3cnc(Nc4ccc5c(ccn5CCN5CCCC5)c4)nc3n2-c2cccc1c2.CN1CCC(n2ccc3cc(Nc4ncc5c(=O)n6n(c5n4)-c4cccc(c4)OCCCC=CC6)ccc32)CC1. The molecule has 29 heteroatoms. The number of carbonyl (C=O) groups excluding carboxylic acids is 2. The van der Waals surface area contributed by atoms with Crippen LogP contribution in [0, 0.1) is 0 Å². The van der Waals surface area contributed by atoms with Crippen LogP contribution in [0.25, 0.3) is 82.9 Å². The molecule has 0 aliphatic carbocycles. The van der Waals surface area contributed by atoms with Crippen LogP contribution in [0.15, 0.2) is 234 Å². The standard InChI is InChI=1S/C33H36N8O2.C32H34N8O2.C31H33N7O2/c1-24(42)39-16-4-2-3-5-17-40-32(43)29-23-34-33(36-31(29)41(40)28-10-8-9-27(39)22-28)35-26-11-12-30-25(21-26)13-18-38(30)20-19-37-14-6-7-15-37;1-23(41)38-15-4-2-3-5-16-39-31(42)28-22-33-32(35-30(28)40(39)27-9-6-8-26(38)21-27)34-25-10-11-29-24(20-25)12-17-37(29)19-18-36-13-7-14-36;1-35-15-12-24(13-16-35)36-17-11-22-19-23(9-10-28(22)36)33-31-32-21-27-29(34-31)38-25-7-6-8-26(20-25)40-18-5-3-2-4-14-37(38)30(27)39/h3,5,8-13,18,21-23H,2,4,6-7,14-17,19-20H2,1H3,(H,34,35,36);3,5-6,8-12,17,20-22H,2,4,7,13-16,18-19H2,1H3,(H,33,34,35);2,4,6-11,17,19-21,24H,3,5,12-16,18H2,1H3,(H,32,33,34). The number of hydrogen-bond donors (Lipinski definition) is 3. The zero-order valence-corrected chi connectivity index (χ0v) is 70.8. The lowest BCUT2D eigenvalue weighted by Gasteiger charge is -2.30. The molecule has 21 rings (SSSR count). The van der Waals surface area contributed by atoms with Gasteiger partial charge in [-0.3, -0.25) is 24.0 Å². The van der Waals surface area contributed by atoms with Gasteiger partial charge in [0.25, 0.3) is 16.7 Å². The zero-order valence-electron chi connectivity index (χ0n) is 70.8. The predicted molar refractivity (Wildman–Crippen MR) is 494 cm³/mol. The van der Waals surface area contributed by atoms with Crippen LogP contribution in [0.4, 0.5) is 46.3 Å². The van der Waals surface area contributed by atoms with Gasteiger partial charge >= 0.3 is 0 Å². The van der Waals surface area contributed by atoms with Crippen LogP contribution in [-0.2, 0) is 42.3 Å². The summed E-state index contributed by atoms with van der Waals surface area (Å²) in [6.07, 6.45) is 35.0. The summed E-state index contributed by atoms with van der Waals surface area (Å²) in [4.78, 5) is 104. The normalized spacial score (nSPS) is 16.1.